The lowest BCUT2D eigenvalue weighted by atomic mass is 9.82. The molecule has 5 rings (SSSR count). The third-order valence-corrected chi connectivity index (χ3v) is 6.58. The molecule has 1 aromatic heterocycles. The lowest BCUT2D eigenvalue weighted by molar-refractivity contribution is -0.130. The first-order valence-corrected chi connectivity index (χ1v) is 11.3. The van der Waals surface area contributed by atoms with E-state index in [1.54, 1.807) is 12.1 Å². The van der Waals surface area contributed by atoms with Gasteiger partial charge in [-0.05, 0) is 40.8 Å². The zero-order valence-electron chi connectivity index (χ0n) is 18.4. The first-order valence-electron chi connectivity index (χ1n) is 10.9. The first-order chi connectivity index (χ1) is 16.4. The molecule has 7 heteroatoms. The number of carbonyl (C=O) groups excluding carboxylic acids is 2. The number of rotatable bonds is 5. The van der Waals surface area contributed by atoms with E-state index < -0.39 is 23.1 Å². The van der Waals surface area contributed by atoms with Gasteiger partial charge in [0.15, 0.2) is 5.54 Å². The molecule has 3 aromatic carbocycles. The Morgan fingerprint density at radius 2 is 1.50 bits per heavy atom. The summed E-state index contributed by atoms with van der Waals surface area (Å²) in [6.07, 6.45) is 0.673. The normalized spacial score (nSPS) is 15.1. The maximum absolute atomic E-state index is 13.9. The fourth-order valence-electron chi connectivity index (χ4n) is 4.51. The molecule has 170 valence electrons. The molecule has 4 aromatic rings. The Bertz CT molecular complexity index is 1430. The van der Waals surface area contributed by atoms with Crippen molar-refractivity contribution in [2.45, 2.75) is 25.4 Å². The highest BCUT2D eigenvalue weighted by Crippen LogP contribution is 2.37. The van der Waals surface area contributed by atoms with Crippen molar-refractivity contribution in [3.05, 3.63) is 117 Å². The molecule has 34 heavy (non-hydrogen) atoms. The Labute approximate surface area is 200 Å². The van der Waals surface area contributed by atoms with Crippen molar-refractivity contribution in [1.29, 1.82) is 0 Å². The van der Waals surface area contributed by atoms with E-state index in [0.717, 1.165) is 10.5 Å². The number of nitrogens with zero attached hydrogens (tertiary/aromatic N) is 1. The van der Waals surface area contributed by atoms with Crippen molar-refractivity contribution >= 4 is 34.5 Å². The molecule has 0 unspecified atom stereocenters. The molecule has 0 saturated carbocycles. The van der Waals surface area contributed by atoms with Crippen LogP contribution in [-0.2, 0) is 23.3 Å². The number of urea groups is 1. The van der Waals surface area contributed by atoms with Gasteiger partial charge in [0.2, 0.25) is 0 Å². The van der Waals surface area contributed by atoms with E-state index in [0.29, 0.717) is 39.1 Å². The fourth-order valence-corrected chi connectivity index (χ4v) is 4.81. The highest BCUT2D eigenvalue weighted by molar-refractivity contribution is 6.32. The molecule has 1 N–H and O–H groups in total. The Kier molecular flexibility index (Phi) is 5.46. The molecule has 1 fully saturated rings. The van der Waals surface area contributed by atoms with Crippen molar-refractivity contribution in [3.8, 4) is 0 Å². The predicted molar refractivity (Wildman–Crippen MR) is 130 cm³/mol. The number of benzene rings is 3. The van der Waals surface area contributed by atoms with Gasteiger partial charge in [-0.15, -0.1) is 0 Å². The summed E-state index contributed by atoms with van der Waals surface area (Å²) in [6.45, 7) is 1.85. The summed E-state index contributed by atoms with van der Waals surface area (Å²) in [7, 11) is 0. The van der Waals surface area contributed by atoms with Crippen LogP contribution >= 0.6 is 11.6 Å². The van der Waals surface area contributed by atoms with Gasteiger partial charge in [-0.3, -0.25) is 9.69 Å². The third-order valence-electron chi connectivity index (χ3n) is 6.23. The maximum Gasteiger partial charge on any atom is 0.336 e. The minimum Gasteiger partial charge on any atom is -0.423 e. The summed E-state index contributed by atoms with van der Waals surface area (Å²) in [5, 5.41) is 4.04. The summed E-state index contributed by atoms with van der Waals surface area (Å²) in [4.78, 5) is 40.6. The number of halogens is 1. The van der Waals surface area contributed by atoms with Crippen molar-refractivity contribution in [2.24, 2.45) is 0 Å². The molecule has 3 amide bonds. The molecule has 0 atom stereocenters. The number of amides is 3. The molecular weight excluding hydrogens is 452 g/mol. The monoisotopic (exact) mass is 472 g/mol. The van der Waals surface area contributed by atoms with E-state index >= 15 is 0 Å². The van der Waals surface area contributed by atoms with Gasteiger partial charge in [-0.25, -0.2) is 9.59 Å². The standard InChI is InChI=1S/C27H21ClN2O4/c1-2-17-13-23-21(15-22(17)28)18(14-24(31)34-23)16-30-25(32)27(29-26(30)33,19-9-5-3-6-10-19)20-11-7-4-8-12-20/h3-15H,2,16H2,1H3,(H,29,33). The van der Waals surface area contributed by atoms with Crippen molar-refractivity contribution in [1.82, 2.24) is 10.2 Å². The van der Waals surface area contributed by atoms with Crippen LogP contribution in [0.3, 0.4) is 0 Å². The van der Waals surface area contributed by atoms with E-state index in [4.69, 9.17) is 16.0 Å². The molecule has 0 radical (unpaired) electrons. The number of imide groups is 1. The summed E-state index contributed by atoms with van der Waals surface area (Å²) < 4.78 is 5.38. The van der Waals surface area contributed by atoms with Crippen LogP contribution in [0.2, 0.25) is 5.02 Å². The molecule has 1 aliphatic rings. The number of hydrogen-bond donors (Lipinski definition) is 1. The van der Waals surface area contributed by atoms with Crippen molar-refractivity contribution in [2.75, 3.05) is 0 Å². The molecule has 0 bridgehead atoms. The number of aryl methyl sites for hydroxylation is 1. The smallest absolute Gasteiger partial charge is 0.336 e. The Balaban J connectivity index is 1.62. The zero-order valence-corrected chi connectivity index (χ0v) is 19.1. The first kappa shape index (κ1) is 21.9. The second kappa shape index (κ2) is 8.47. The van der Waals surface area contributed by atoms with E-state index in [9.17, 15) is 14.4 Å². The second-order valence-corrected chi connectivity index (χ2v) is 8.59. The molecule has 6 nitrogen and oxygen atoms in total. The fraction of sp³-hybridized carbons (Fsp3) is 0.148. The highest BCUT2D eigenvalue weighted by atomic mass is 35.5. The number of hydrogen-bond acceptors (Lipinski definition) is 4. The molecule has 0 spiro atoms. The average Bonchev–Trinajstić information content (AvgIpc) is 3.11. The van der Waals surface area contributed by atoms with E-state index in [-0.39, 0.29) is 6.54 Å². The minimum absolute atomic E-state index is 0.101. The molecule has 0 aliphatic carbocycles. The van der Waals surface area contributed by atoms with Gasteiger partial charge in [0.25, 0.3) is 5.91 Å². The van der Waals surface area contributed by atoms with Crippen molar-refractivity contribution < 1.29 is 14.0 Å². The van der Waals surface area contributed by atoms with E-state index in [1.165, 1.54) is 6.07 Å². The van der Waals surface area contributed by atoms with Crippen LogP contribution in [0.25, 0.3) is 11.0 Å². The average molecular weight is 473 g/mol. The van der Waals surface area contributed by atoms with Crippen LogP contribution in [0.15, 0.2) is 88.1 Å². The number of fused-ring (bicyclic) bond motifs is 1. The van der Waals surface area contributed by atoms with Gasteiger partial charge >= 0.3 is 11.7 Å². The quantitative estimate of drug-likeness (QED) is 0.327. The van der Waals surface area contributed by atoms with Gasteiger partial charge in [-0.1, -0.05) is 79.2 Å². The Morgan fingerprint density at radius 1 is 0.882 bits per heavy atom. The number of carbonyl (C=O) groups is 2. The van der Waals surface area contributed by atoms with Crippen LogP contribution in [0.5, 0.6) is 0 Å². The van der Waals surface area contributed by atoms with Gasteiger partial charge in [0.1, 0.15) is 5.58 Å². The van der Waals surface area contributed by atoms with E-state index in [2.05, 4.69) is 5.32 Å². The van der Waals surface area contributed by atoms with Gasteiger partial charge < -0.3 is 9.73 Å². The highest BCUT2D eigenvalue weighted by Gasteiger charge is 2.53. The molecule has 2 heterocycles. The minimum atomic E-state index is -1.37. The molecular formula is C27H21ClN2O4. The van der Waals surface area contributed by atoms with Gasteiger partial charge in [0, 0.05) is 16.5 Å². The Hall–Kier alpha value is -3.90. The predicted octanol–water partition coefficient (Wildman–Crippen LogP) is 5.00. The van der Waals surface area contributed by atoms with E-state index in [1.807, 2.05) is 67.6 Å². The van der Waals surface area contributed by atoms with Crippen LogP contribution in [0, 0.1) is 0 Å². The summed E-state index contributed by atoms with van der Waals surface area (Å²) in [6, 6.07) is 22.5. The lowest BCUT2D eigenvalue weighted by Crippen LogP contribution is -2.45. The van der Waals surface area contributed by atoms with Crippen molar-refractivity contribution in [3.63, 3.8) is 0 Å². The van der Waals surface area contributed by atoms with Crippen LogP contribution in [0.4, 0.5) is 4.79 Å². The maximum atomic E-state index is 13.9. The van der Waals surface area contributed by atoms with Gasteiger partial charge in [-0.2, -0.15) is 0 Å². The van der Waals surface area contributed by atoms with Crippen LogP contribution in [-0.4, -0.2) is 16.8 Å². The Morgan fingerprint density at radius 3 is 2.09 bits per heavy atom. The van der Waals surface area contributed by atoms with Crippen LogP contribution < -0.4 is 10.9 Å². The summed E-state index contributed by atoms with van der Waals surface area (Å²) in [5.74, 6) is -0.424. The molecule has 1 saturated heterocycles. The number of nitrogens with one attached hydrogen (secondary N) is 1. The lowest BCUT2D eigenvalue weighted by Gasteiger charge is -2.28. The molecule has 1 aliphatic heterocycles. The zero-order chi connectivity index (χ0) is 23.9. The third kappa shape index (κ3) is 3.47. The summed E-state index contributed by atoms with van der Waals surface area (Å²) >= 11 is 6.41. The topological polar surface area (TPSA) is 79.6 Å². The van der Waals surface area contributed by atoms with Crippen LogP contribution in [0.1, 0.15) is 29.2 Å². The summed E-state index contributed by atoms with van der Waals surface area (Å²) in [5.41, 5.74) is 1.06. The second-order valence-electron chi connectivity index (χ2n) is 8.19. The SMILES string of the molecule is CCc1cc2oc(=O)cc(CN3C(=O)NC(c4ccccc4)(c4ccccc4)C3=O)c2cc1Cl. The largest absolute Gasteiger partial charge is 0.423 e. The van der Waals surface area contributed by atoms with Gasteiger partial charge in [0.05, 0.1) is 6.54 Å².